The topological polar surface area (TPSA) is 61.0 Å². The van der Waals surface area contributed by atoms with Crippen LogP contribution >= 0.6 is 0 Å². The maximum atomic E-state index is 5.62. The van der Waals surface area contributed by atoms with E-state index in [1.807, 2.05) is 6.92 Å². The Balaban J connectivity index is 2.79. The second kappa shape index (κ2) is 4.01. The van der Waals surface area contributed by atoms with Gasteiger partial charge in [0.15, 0.2) is 0 Å². The minimum Gasteiger partial charge on any atom is -0.384 e. The minimum atomic E-state index is 0.198. The summed E-state index contributed by atoms with van der Waals surface area (Å²) in [4.78, 5) is 8.07. The highest BCUT2D eigenvalue weighted by Gasteiger charge is 2.09. The summed E-state index contributed by atoms with van der Waals surface area (Å²) in [5, 5.41) is 0. The molecular weight excluding hydrogens is 154 g/mol. The molecule has 4 nitrogen and oxygen atoms in total. The first kappa shape index (κ1) is 8.93. The molecule has 1 atom stereocenters. The summed E-state index contributed by atoms with van der Waals surface area (Å²) in [7, 11) is 1.66. The molecule has 0 aliphatic rings. The molecule has 0 aromatic carbocycles. The molecule has 66 valence electrons. The van der Waals surface area contributed by atoms with Gasteiger partial charge in [0.25, 0.3) is 0 Å². The third kappa shape index (κ3) is 1.92. The van der Waals surface area contributed by atoms with Crippen LogP contribution in [0.25, 0.3) is 0 Å². The number of nitrogens with two attached hydrogens (primary N) is 1. The fourth-order valence-corrected chi connectivity index (χ4v) is 1.07. The largest absolute Gasteiger partial charge is 0.384 e. The molecule has 0 saturated heterocycles. The number of ether oxygens (including phenoxy) is 1. The Labute approximate surface area is 71.8 Å². The van der Waals surface area contributed by atoms with Crippen molar-refractivity contribution in [2.24, 2.45) is 0 Å². The highest BCUT2D eigenvalue weighted by molar-refractivity contribution is 5.35. The first-order valence-corrected chi connectivity index (χ1v) is 3.81. The summed E-state index contributed by atoms with van der Waals surface area (Å²) in [6.07, 6.45) is 3.22. The Hall–Kier alpha value is -1.16. The van der Waals surface area contributed by atoms with Crippen molar-refractivity contribution in [2.45, 2.75) is 12.8 Å². The zero-order chi connectivity index (χ0) is 8.97. The Bertz CT molecular complexity index is 252. The van der Waals surface area contributed by atoms with Crippen LogP contribution in [0.15, 0.2) is 12.4 Å². The Morgan fingerprint density at radius 2 is 2.17 bits per heavy atom. The van der Waals surface area contributed by atoms with Crippen LogP contribution in [-0.2, 0) is 4.74 Å². The zero-order valence-electron chi connectivity index (χ0n) is 7.32. The van der Waals surface area contributed by atoms with E-state index in [2.05, 4.69) is 9.97 Å². The summed E-state index contributed by atoms with van der Waals surface area (Å²) < 4.78 is 4.99. The molecule has 0 fully saturated rings. The van der Waals surface area contributed by atoms with E-state index in [1.165, 1.54) is 0 Å². The van der Waals surface area contributed by atoms with Crippen molar-refractivity contribution in [3.05, 3.63) is 18.1 Å². The van der Waals surface area contributed by atoms with Gasteiger partial charge in [-0.25, -0.2) is 4.98 Å². The second-order valence-corrected chi connectivity index (χ2v) is 2.68. The number of methoxy groups -OCH3 is 1. The van der Waals surface area contributed by atoms with Crippen molar-refractivity contribution in [1.29, 1.82) is 0 Å². The maximum absolute atomic E-state index is 5.62. The van der Waals surface area contributed by atoms with Gasteiger partial charge in [0.2, 0.25) is 0 Å². The Morgan fingerprint density at radius 3 is 2.75 bits per heavy atom. The molecule has 0 aliphatic carbocycles. The van der Waals surface area contributed by atoms with Crippen LogP contribution in [0.5, 0.6) is 0 Å². The molecule has 1 aromatic rings. The number of nitrogen functional groups attached to an aromatic ring is 1. The van der Waals surface area contributed by atoms with E-state index in [4.69, 9.17) is 10.5 Å². The summed E-state index contributed by atoms with van der Waals surface area (Å²) in [5.74, 6) is 0.686. The monoisotopic (exact) mass is 167 g/mol. The summed E-state index contributed by atoms with van der Waals surface area (Å²) in [5.41, 5.74) is 6.43. The van der Waals surface area contributed by atoms with Crippen molar-refractivity contribution in [1.82, 2.24) is 9.97 Å². The van der Waals surface area contributed by atoms with Crippen LogP contribution in [0.2, 0.25) is 0 Å². The van der Waals surface area contributed by atoms with Gasteiger partial charge in [-0.05, 0) is 0 Å². The van der Waals surface area contributed by atoms with Crippen molar-refractivity contribution in [3.8, 4) is 0 Å². The lowest BCUT2D eigenvalue weighted by Gasteiger charge is -2.10. The second-order valence-electron chi connectivity index (χ2n) is 2.68. The van der Waals surface area contributed by atoms with Gasteiger partial charge in [-0.15, -0.1) is 0 Å². The van der Waals surface area contributed by atoms with Crippen molar-refractivity contribution >= 4 is 5.82 Å². The minimum absolute atomic E-state index is 0.198. The predicted molar refractivity (Wildman–Crippen MR) is 46.7 cm³/mol. The number of aromatic nitrogens is 2. The molecule has 0 bridgehead atoms. The maximum Gasteiger partial charge on any atom is 0.145 e. The van der Waals surface area contributed by atoms with Crippen LogP contribution in [-0.4, -0.2) is 23.7 Å². The van der Waals surface area contributed by atoms with Crippen LogP contribution in [0.4, 0.5) is 5.82 Å². The highest BCUT2D eigenvalue weighted by atomic mass is 16.5. The standard InChI is InChI=1S/C8H13N3O/c1-6(5-12-2)7-8(9)11-4-3-10-7/h3-4,6H,5H2,1-2H3,(H2,9,11). The fourth-order valence-electron chi connectivity index (χ4n) is 1.07. The number of anilines is 1. The molecule has 4 heteroatoms. The fraction of sp³-hybridized carbons (Fsp3) is 0.500. The number of rotatable bonds is 3. The normalized spacial score (nSPS) is 12.8. The van der Waals surface area contributed by atoms with Crippen LogP contribution in [0, 0.1) is 0 Å². The van der Waals surface area contributed by atoms with E-state index in [9.17, 15) is 0 Å². The van der Waals surface area contributed by atoms with E-state index in [1.54, 1.807) is 19.5 Å². The Morgan fingerprint density at radius 1 is 1.50 bits per heavy atom. The van der Waals surface area contributed by atoms with Gasteiger partial charge in [-0.2, -0.15) is 0 Å². The van der Waals surface area contributed by atoms with E-state index < -0.39 is 0 Å². The summed E-state index contributed by atoms with van der Waals surface area (Å²) >= 11 is 0. The van der Waals surface area contributed by atoms with Crippen molar-refractivity contribution in [3.63, 3.8) is 0 Å². The van der Waals surface area contributed by atoms with Crippen LogP contribution < -0.4 is 5.73 Å². The molecule has 0 amide bonds. The SMILES string of the molecule is COCC(C)c1nccnc1N. The number of hydrogen-bond donors (Lipinski definition) is 1. The van der Waals surface area contributed by atoms with Gasteiger partial charge >= 0.3 is 0 Å². The lowest BCUT2D eigenvalue weighted by atomic mass is 10.1. The molecule has 2 N–H and O–H groups in total. The molecule has 1 rings (SSSR count). The van der Waals surface area contributed by atoms with Crippen LogP contribution in [0.3, 0.4) is 0 Å². The third-order valence-corrected chi connectivity index (χ3v) is 1.64. The zero-order valence-corrected chi connectivity index (χ0v) is 7.32. The van der Waals surface area contributed by atoms with Crippen molar-refractivity contribution < 1.29 is 4.74 Å². The van der Waals surface area contributed by atoms with Gasteiger partial charge in [-0.1, -0.05) is 6.92 Å². The molecule has 1 unspecified atom stereocenters. The third-order valence-electron chi connectivity index (χ3n) is 1.64. The van der Waals surface area contributed by atoms with E-state index >= 15 is 0 Å². The molecule has 1 heterocycles. The van der Waals surface area contributed by atoms with Gasteiger partial charge in [0, 0.05) is 25.4 Å². The molecule has 12 heavy (non-hydrogen) atoms. The van der Waals surface area contributed by atoms with Gasteiger partial charge < -0.3 is 10.5 Å². The molecule has 1 aromatic heterocycles. The number of nitrogens with zero attached hydrogens (tertiary/aromatic N) is 2. The van der Waals surface area contributed by atoms with Gasteiger partial charge in [0.1, 0.15) is 5.82 Å². The highest BCUT2D eigenvalue weighted by Crippen LogP contribution is 2.16. The molecule has 0 aliphatic heterocycles. The van der Waals surface area contributed by atoms with E-state index in [0.717, 1.165) is 5.69 Å². The first-order valence-electron chi connectivity index (χ1n) is 3.81. The van der Waals surface area contributed by atoms with Crippen LogP contribution in [0.1, 0.15) is 18.5 Å². The smallest absolute Gasteiger partial charge is 0.145 e. The first-order chi connectivity index (χ1) is 5.75. The molecule has 0 spiro atoms. The Kier molecular flexibility index (Phi) is 2.99. The lowest BCUT2D eigenvalue weighted by molar-refractivity contribution is 0.183. The molecule has 0 radical (unpaired) electrons. The summed E-state index contributed by atoms with van der Waals surface area (Å²) in [6, 6.07) is 0. The molecular formula is C8H13N3O. The van der Waals surface area contributed by atoms with Gasteiger partial charge in [-0.3, -0.25) is 4.98 Å². The average molecular weight is 167 g/mol. The predicted octanol–water partition coefficient (Wildman–Crippen LogP) is 0.809. The lowest BCUT2D eigenvalue weighted by Crippen LogP contribution is -2.08. The quantitative estimate of drug-likeness (QED) is 0.723. The summed E-state index contributed by atoms with van der Waals surface area (Å²) in [6.45, 7) is 2.62. The van der Waals surface area contributed by atoms with Crippen molar-refractivity contribution in [2.75, 3.05) is 19.5 Å². The van der Waals surface area contributed by atoms with Gasteiger partial charge in [0.05, 0.1) is 12.3 Å². The average Bonchev–Trinajstić information content (AvgIpc) is 2.05. The van der Waals surface area contributed by atoms with E-state index in [0.29, 0.717) is 12.4 Å². The molecule has 0 saturated carbocycles. The van der Waals surface area contributed by atoms with E-state index in [-0.39, 0.29) is 5.92 Å². The number of hydrogen-bond acceptors (Lipinski definition) is 4.